The van der Waals surface area contributed by atoms with E-state index in [2.05, 4.69) is 56.9 Å². The van der Waals surface area contributed by atoms with Crippen LogP contribution in [0.5, 0.6) is 5.75 Å². The molecule has 0 saturated heterocycles. The van der Waals surface area contributed by atoms with Gasteiger partial charge >= 0.3 is 0 Å². The molecule has 27 heavy (non-hydrogen) atoms. The van der Waals surface area contributed by atoms with Gasteiger partial charge in [0.1, 0.15) is 5.75 Å². The van der Waals surface area contributed by atoms with Crippen LogP contribution in [0, 0.1) is 0 Å². The van der Waals surface area contributed by atoms with Crippen molar-refractivity contribution in [2.75, 3.05) is 6.54 Å². The fourth-order valence-electron chi connectivity index (χ4n) is 3.92. The number of phenols is 1. The smallest absolute Gasteiger partial charge is 0.119 e. The fourth-order valence-corrected chi connectivity index (χ4v) is 3.92. The summed E-state index contributed by atoms with van der Waals surface area (Å²) in [5.41, 5.74) is 2.97. The van der Waals surface area contributed by atoms with Crippen molar-refractivity contribution in [3.63, 3.8) is 0 Å². The highest BCUT2D eigenvalue weighted by atomic mass is 16.3. The van der Waals surface area contributed by atoms with Gasteiger partial charge in [0.2, 0.25) is 0 Å². The van der Waals surface area contributed by atoms with Gasteiger partial charge in [0.15, 0.2) is 0 Å². The molecule has 0 unspecified atom stereocenters. The molecular formula is C24H35NO2. The van der Waals surface area contributed by atoms with E-state index in [1.54, 1.807) is 12.1 Å². The molecule has 2 aromatic carbocycles. The van der Waals surface area contributed by atoms with E-state index in [9.17, 15) is 10.2 Å². The first-order chi connectivity index (χ1) is 12.9. The van der Waals surface area contributed by atoms with E-state index in [1.807, 2.05) is 12.1 Å². The zero-order valence-electron chi connectivity index (χ0n) is 17.2. The molecule has 0 aliphatic rings. The molecule has 3 nitrogen and oxygen atoms in total. The normalized spacial score (nSPS) is 12.9. The average molecular weight is 370 g/mol. The third-order valence-electron chi connectivity index (χ3n) is 5.34. The summed E-state index contributed by atoms with van der Waals surface area (Å²) in [7, 11) is 0. The molecule has 2 N–H and O–H groups in total. The minimum atomic E-state index is -0.00741. The largest absolute Gasteiger partial charge is 0.508 e. The second kappa shape index (κ2) is 10.5. The van der Waals surface area contributed by atoms with Crippen molar-refractivity contribution >= 4 is 0 Å². The molecule has 148 valence electrons. The van der Waals surface area contributed by atoms with E-state index in [-0.39, 0.29) is 12.5 Å². The molecule has 2 aromatic rings. The number of benzene rings is 2. The lowest BCUT2D eigenvalue weighted by Crippen LogP contribution is -2.37. The standard InChI is InChI=1S/C24H35NO2/c1-18(2)25(19(3)4)15-9-8-12-22(21-10-6-5-7-11-21)23-16-20(17-26)13-14-24(23)27/h5-7,10-11,13-14,16,18-19,22,26-27H,8-9,12,15,17H2,1-4H3/t22-/m1/s1. The summed E-state index contributed by atoms with van der Waals surface area (Å²) in [5.74, 6) is 0.455. The summed E-state index contributed by atoms with van der Waals surface area (Å²) in [5, 5.41) is 20.0. The first-order valence-electron chi connectivity index (χ1n) is 10.2. The Morgan fingerprint density at radius 3 is 2.15 bits per heavy atom. The molecule has 0 radical (unpaired) electrons. The quantitative estimate of drug-likeness (QED) is 0.558. The zero-order chi connectivity index (χ0) is 19.8. The van der Waals surface area contributed by atoms with Crippen molar-refractivity contribution in [2.45, 2.75) is 71.6 Å². The molecule has 0 fully saturated rings. The van der Waals surface area contributed by atoms with E-state index in [4.69, 9.17) is 0 Å². The Balaban J connectivity index is 2.13. The van der Waals surface area contributed by atoms with E-state index in [0.29, 0.717) is 17.8 Å². The van der Waals surface area contributed by atoms with Crippen LogP contribution in [0.1, 0.15) is 69.6 Å². The van der Waals surface area contributed by atoms with Crippen LogP contribution in [0.25, 0.3) is 0 Å². The Bertz CT molecular complexity index is 674. The summed E-state index contributed by atoms with van der Waals surface area (Å²) < 4.78 is 0. The fraction of sp³-hybridized carbons (Fsp3) is 0.500. The first kappa shape index (κ1) is 21.5. The lowest BCUT2D eigenvalue weighted by atomic mass is 9.85. The summed E-state index contributed by atoms with van der Waals surface area (Å²) >= 11 is 0. The number of nitrogens with zero attached hydrogens (tertiary/aromatic N) is 1. The van der Waals surface area contributed by atoms with Crippen LogP contribution >= 0.6 is 0 Å². The molecule has 0 aliphatic carbocycles. The third-order valence-corrected chi connectivity index (χ3v) is 5.34. The van der Waals surface area contributed by atoms with Crippen LogP contribution in [0.3, 0.4) is 0 Å². The van der Waals surface area contributed by atoms with Gasteiger partial charge in [-0.2, -0.15) is 0 Å². The maximum atomic E-state index is 10.5. The highest BCUT2D eigenvalue weighted by Gasteiger charge is 2.19. The molecule has 0 saturated carbocycles. The van der Waals surface area contributed by atoms with Gasteiger partial charge in [0.25, 0.3) is 0 Å². The summed E-state index contributed by atoms with van der Waals surface area (Å²) in [6, 6.07) is 16.9. The van der Waals surface area contributed by atoms with Crippen molar-refractivity contribution in [1.82, 2.24) is 4.90 Å². The van der Waals surface area contributed by atoms with Crippen molar-refractivity contribution < 1.29 is 10.2 Å². The van der Waals surface area contributed by atoms with E-state index in [0.717, 1.165) is 36.9 Å². The maximum Gasteiger partial charge on any atom is 0.119 e. The summed E-state index contributed by atoms with van der Waals surface area (Å²) in [4.78, 5) is 2.53. The Morgan fingerprint density at radius 2 is 1.56 bits per heavy atom. The van der Waals surface area contributed by atoms with Gasteiger partial charge in [0.05, 0.1) is 6.61 Å². The van der Waals surface area contributed by atoms with E-state index < -0.39 is 0 Å². The number of unbranched alkanes of at least 4 members (excludes halogenated alkanes) is 1. The molecule has 1 atom stereocenters. The molecule has 0 aromatic heterocycles. The number of aromatic hydroxyl groups is 1. The van der Waals surface area contributed by atoms with Gasteiger partial charge in [-0.15, -0.1) is 0 Å². The Hall–Kier alpha value is -1.84. The summed E-state index contributed by atoms with van der Waals surface area (Å²) in [6.45, 7) is 10.1. The molecule has 0 heterocycles. The molecule has 0 spiro atoms. The monoisotopic (exact) mass is 369 g/mol. The first-order valence-corrected chi connectivity index (χ1v) is 10.2. The van der Waals surface area contributed by atoms with Crippen LogP contribution in [0.15, 0.2) is 48.5 Å². The van der Waals surface area contributed by atoms with Crippen LogP contribution in [0.2, 0.25) is 0 Å². The lowest BCUT2D eigenvalue weighted by molar-refractivity contribution is 0.171. The minimum Gasteiger partial charge on any atom is -0.508 e. The van der Waals surface area contributed by atoms with Crippen LogP contribution in [-0.4, -0.2) is 33.7 Å². The maximum absolute atomic E-state index is 10.5. The third kappa shape index (κ3) is 6.08. The number of phenolic OH excluding ortho intramolecular Hbond substituents is 1. The van der Waals surface area contributed by atoms with Crippen molar-refractivity contribution in [1.29, 1.82) is 0 Å². The zero-order valence-corrected chi connectivity index (χ0v) is 17.2. The molecule has 2 rings (SSSR count). The number of aliphatic hydroxyl groups excluding tert-OH is 1. The van der Waals surface area contributed by atoms with E-state index >= 15 is 0 Å². The highest BCUT2D eigenvalue weighted by Crippen LogP contribution is 2.35. The Kier molecular flexibility index (Phi) is 8.33. The average Bonchev–Trinajstić information content (AvgIpc) is 2.65. The number of rotatable bonds is 10. The second-order valence-electron chi connectivity index (χ2n) is 7.94. The molecular weight excluding hydrogens is 334 g/mol. The van der Waals surface area contributed by atoms with Gasteiger partial charge in [-0.05, 0) is 70.3 Å². The molecule has 3 heteroatoms. The lowest BCUT2D eigenvalue weighted by Gasteiger charge is -2.30. The minimum absolute atomic E-state index is 0.00741. The van der Waals surface area contributed by atoms with Crippen LogP contribution in [0.4, 0.5) is 0 Å². The summed E-state index contributed by atoms with van der Waals surface area (Å²) in [6.07, 6.45) is 3.22. The number of hydrogen-bond acceptors (Lipinski definition) is 3. The van der Waals surface area contributed by atoms with Crippen LogP contribution in [-0.2, 0) is 6.61 Å². The number of hydrogen-bond donors (Lipinski definition) is 2. The van der Waals surface area contributed by atoms with Crippen LogP contribution < -0.4 is 0 Å². The predicted octanol–water partition coefficient (Wildman–Crippen LogP) is 5.31. The molecule has 0 bridgehead atoms. The van der Waals surface area contributed by atoms with Gasteiger partial charge < -0.3 is 10.2 Å². The van der Waals surface area contributed by atoms with E-state index in [1.165, 1.54) is 5.56 Å². The second-order valence-corrected chi connectivity index (χ2v) is 7.94. The molecule has 0 amide bonds. The topological polar surface area (TPSA) is 43.7 Å². The van der Waals surface area contributed by atoms with Crippen molar-refractivity contribution in [2.24, 2.45) is 0 Å². The van der Waals surface area contributed by atoms with Crippen molar-refractivity contribution in [3.8, 4) is 5.75 Å². The number of aliphatic hydroxyl groups is 1. The van der Waals surface area contributed by atoms with Gasteiger partial charge in [-0.25, -0.2) is 0 Å². The Labute approximate surface area is 164 Å². The highest BCUT2D eigenvalue weighted by molar-refractivity contribution is 5.43. The van der Waals surface area contributed by atoms with Crippen molar-refractivity contribution in [3.05, 3.63) is 65.2 Å². The molecule has 0 aliphatic heterocycles. The van der Waals surface area contributed by atoms with Gasteiger partial charge in [-0.3, -0.25) is 4.90 Å². The SMILES string of the molecule is CC(C)N(CCCC[C@H](c1ccccc1)c1cc(CO)ccc1O)C(C)C. The Morgan fingerprint density at radius 1 is 0.889 bits per heavy atom. The van der Waals surface area contributed by atoms with Gasteiger partial charge in [-0.1, -0.05) is 42.8 Å². The predicted molar refractivity (Wildman–Crippen MR) is 113 cm³/mol. The van der Waals surface area contributed by atoms with Gasteiger partial charge in [0, 0.05) is 23.6 Å².